The molecule has 5 atom stereocenters. The topological polar surface area (TPSA) is 163 Å². The molecule has 1 fully saturated rings. The van der Waals surface area contributed by atoms with Gasteiger partial charge in [-0.25, -0.2) is 0 Å². The molecule has 0 spiro atoms. The average molecular weight is 446 g/mol. The van der Waals surface area contributed by atoms with Crippen LogP contribution in [0.3, 0.4) is 0 Å². The number of aliphatic hydroxyl groups is 4. The first kappa shape index (κ1) is 22.2. The van der Waals surface area contributed by atoms with Gasteiger partial charge < -0.3 is 39.7 Å². The summed E-state index contributed by atoms with van der Waals surface area (Å²) in [7, 11) is 1.26. The van der Waals surface area contributed by atoms with Gasteiger partial charge in [0.25, 0.3) is 0 Å². The number of carbonyl (C=O) groups excluding carboxylic acids is 2. The number of phenols is 1. The molecule has 0 bridgehead atoms. The van der Waals surface area contributed by atoms with E-state index in [1.165, 1.54) is 31.4 Å². The third kappa shape index (κ3) is 3.24. The van der Waals surface area contributed by atoms with Gasteiger partial charge in [0.15, 0.2) is 17.3 Å². The van der Waals surface area contributed by atoms with E-state index in [0.29, 0.717) is 5.56 Å². The lowest BCUT2D eigenvalue weighted by atomic mass is 9.82. The zero-order chi connectivity index (χ0) is 23.3. The highest BCUT2D eigenvalue weighted by Gasteiger charge is 2.45. The number of hydrogen-bond acceptors (Lipinski definition) is 10. The van der Waals surface area contributed by atoms with E-state index in [1.807, 2.05) is 0 Å². The van der Waals surface area contributed by atoms with Crippen molar-refractivity contribution in [1.29, 1.82) is 0 Å². The minimum atomic E-state index is -1.69. The molecular weight excluding hydrogens is 424 g/mol. The zero-order valence-corrected chi connectivity index (χ0v) is 17.2. The Balaban J connectivity index is 1.81. The lowest BCUT2D eigenvalue weighted by Gasteiger charge is -2.40. The van der Waals surface area contributed by atoms with E-state index < -0.39 is 48.9 Å². The number of carbonyl (C=O) groups is 2. The molecule has 5 N–H and O–H groups in total. The number of aryl methyl sites for hydroxylation is 1. The molecule has 10 nitrogen and oxygen atoms in total. The summed E-state index contributed by atoms with van der Waals surface area (Å²) in [5, 5.41) is 49.9. The summed E-state index contributed by atoms with van der Waals surface area (Å²) in [6, 6.07) is 5.62. The standard InChI is InChI=1S/C22H22O10/c1-8-6-10-14(17(27)13-9(15(10)25)4-3-5-11(13)24)21(30-2)20(8)32-22-19(29)18(28)16(26)12(7-23)31-22/h3-6,12,16,18-19,22-24,26,28-29H,7H2,1-2H3/t12-,16-,18+,19-,22+/m1/s1. The van der Waals surface area contributed by atoms with Crippen LogP contribution in [-0.4, -0.2) is 81.5 Å². The molecule has 2 aromatic rings. The summed E-state index contributed by atoms with van der Waals surface area (Å²) in [6.45, 7) is 0.937. The van der Waals surface area contributed by atoms with E-state index in [2.05, 4.69) is 0 Å². The van der Waals surface area contributed by atoms with Gasteiger partial charge in [0.1, 0.15) is 30.2 Å². The molecule has 2 aromatic carbocycles. The molecule has 0 radical (unpaired) electrons. The normalized spacial score (nSPS) is 27.0. The van der Waals surface area contributed by atoms with Crippen LogP contribution >= 0.6 is 0 Å². The molecule has 0 aromatic heterocycles. The fourth-order valence-corrected chi connectivity index (χ4v) is 4.03. The molecule has 0 amide bonds. The van der Waals surface area contributed by atoms with Gasteiger partial charge in [0.05, 0.1) is 24.8 Å². The van der Waals surface area contributed by atoms with Crippen LogP contribution in [0, 0.1) is 6.92 Å². The monoisotopic (exact) mass is 446 g/mol. The second-order valence-electron chi connectivity index (χ2n) is 7.65. The molecule has 0 unspecified atom stereocenters. The van der Waals surface area contributed by atoms with Crippen LogP contribution < -0.4 is 9.47 Å². The van der Waals surface area contributed by atoms with E-state index in [4.69, 9.17) is 14.2 Å². The van der Waals surface area contributed by atoms with Crippen LogP contribution in [0.5, 0.6) is 17.2 Å². The second-order valence-corrected chi connectivity index (χ2v) is 7.65. The number of aliphatic hydroxyl groups excluding tert-OH is 4. The zero-order valence-electron chi connectivity index (χ0n) is 17.2. The van der Waals surface area contributed by atoms with E-state index in [0.717, 1.165) is 0 Å². The number of rotatable bonds is 4. The third-order valence-electron chi connectivity index (χ3n) is 5.69. The van der Waals surface area contributed by atoms with Crippen molar-refractivity contribution in [3.63, 3.8) is 0 Å². The SMILES string of the molecule is COc1c(O[C@@H]2O[C@H](CO)[C@@H](O)[C@H](O)[C@H]2O)c(C)cc2c1C(=O)c1c(O)cccc1C2=O. The minimum absolute atomic E-state index is 0.0457. The molecule has 1 saturated heterocycles. The number of ether oxygens (including phenoxy) is 3. The Morgan fingerprint density at radius 2 is 1.69 bits per heavy atom. The molecule has 32 heavy (non-hydrogen) atoms. The van der Waals surface area contributed by atoms with E-state index >= 15 is 0 Å². The van der Waals surface area contributed by atoms with Crippen molar-refractivity contribution in [2.75, 3.05) is 13.7 Å². The van der Waals surface area contributed by atoms with Crippen LogP contribution in [0.15, 0.2) is 24.3 Å². The number of aromatic hydroxyl groups is 1. The van der Waals surface area contributed by atoms with E-state index in [9.17, 15) is 35.1 Å². The van der Waals surface area contributed by atoms with Gasteiger partial charge in [-0.1, -0.05) is 12.1 Å². The van der Waals surface area contributed by atoms with Gasteiger partial charge in [-0.3, -0.25) is 9.59 Å². The number of methoxy groups -OCH3 is 1. The van der Waals surface area contributed by atoms with Crippen LogP contribution in [0.4, 0.5) is 0 Å². The molecule has 10 heteroatoms. The van der Waals surface area contributed by atoms with Crippen molar-refractivity contribution >= 4 is 11.6 Å². The van der Waals surface area contributed by atoms with Gasteiger partial charge in [0, 0.05) is 11.1 Å². The second kappa shape index (κ2) is 8.15. The Hall–Kier alpha value is -3.02. The minimum Gasteiger partial charge on any atom is -0.507 e. The number of benzene rings is 2. The summed E-state index contributed by atoms with van der Waals surface area (Å²) in [4.78, 5) is 26.3. The van der Waals surface area contributed by atoms with Crippen molar-refractivity contribution in [3.8, 4) is 17.2 Å². The predicted molar refractivity (Wildman–Crippen MR) is 107 cm³/mol. The highest BCUT2D eigenvalue weighted by atomic mass is 16.7. The van der Waals surface area contributed by atoms with Crippen molar-refractivity contribution in [2.45, 2.75) is 37.6 Å². The molecule has 4 rings (SSSR count). The largest absolute Gasteiger partial charge is 0.507 e. The first-order valence-corrected chi connectivity index (χ1v) is 9.81. The van der Waals surface area contributed by atoms with Gasteiger partial charge in [-0.2, -0.15) is 0 Å². The average Bonchev–Trinajstić information content (AvgIpc) is 2.78. The number of fused-ring (bicyclic) bond motifs is 2. The van der Waals surface area contributed by atoms with Crippen molar-refractivity contribution < 1.29 is 49.3 Å². The number of hydrogen-bond donors (Lipinski definition) is 5. The lowest BCUT2D eigenvalue weighted by molar-refractivity contribution is -0.277. The first-order chi connectivity index (χ1) is 15.2. The van der Waals surface area contributed by atoms with E-state index in [-0.39, 0.29) is 39.5 Å². The van der Waals surface area contributed by atoms with Gasteiger partial charge >= 0.3 is 0 Å². The van der Waals surface area contributed by atoms with Crippen molar-refractivity contribution in [3.05, 3.63) is 52.1 Å². The maximum absolute atomic E-state index is 13.2. The number of phenolic OH excluding ortho intramolecular Hbond substituents is 1. The Labute approximate surface area is 182 Å². The molecule has 170 valence electrons. The van der Waals surface area contributed by atoms with Gasteiger partial charge in [-0.05, 0) is 24.6 Å². The van der Waals surface area contributed by atoms with Crippen LogP contribution in [-0.2, 0) is 4.74 Å². The van der Waals surface area contributed by atoms with Crippen molar-refractivity contribution in [1.82, 2.24) is 0 Å². The van der Waals surface area contributed by atoms with E-state index in [1.54, 1.807) is 6.92 Å². The summed E-state index contributed by atoms with van der Waals surface area (Å²) in [5.74, 6) is -1.65. The number of ketones is 2. The highest BCUT2D eigenvalue weighted by molar-refractivity contribution is 6.30. The molecule has 1 heterocycles. The summed E-state index contributed by atoms with van der Waals surface area (Å²) < 4.78 is 16.5. The Bertz CT molecular complexity index is 1090. The fourth-order valence-electron chi connectivity index (χ4n) is 4.03. The molecule has 1 aliphatic carbocycles. The third-order valence-corrected chi connectivity index (χ3v) is 5.69. The van der Waals surface area contributed by atoms with Crippen LogP contribution in [0.1, 0.15) is 37.4 Å². The summed E-state index contributed by atoms with van der Waals surface area (Å²) in [5.41, 5.74) is 0.195. The van der Waals surface area contributed by atoms with Crippen molar-refractivity contribution in [2.24, 2.45) is 0 Å². The summed E-state index contributed by atoms with van der Waals surface area (Å²) >= 11 is 0. The smallest absolute Gasteiger partial charge is 0.229 e. The Morgan fingerprint density at radius 3 is 2.34 bits per heavy atom. The Morgan fingerprint density at radius 1 is 0.969 bits per heavy atom. The van der Waals surface area contributed by atoms with Crippen LogP contribution in [0.2, 0.25) is 0 Å². The maximum atomic E-state index is 13.2. The molecular formula is C22H22O10. The molecule has 0 saturated carbocycles. The molecule has 2 aliphatic rings. The summed E-state index contributed by atoms with van der Waals surface area (Å²) in [6.07, 6.45) is -7.64. The Kier molecular flexibility index (Phi) is 5.65. The fraction of sp³-hybridized carbons (Fsp3) is 0.364. The quantitative estimate of drug-likeness (QED) is 0.358. The van der Waals surface area contributed by atoms with Gasteiger partial charge in [0.2, 0.25) is 12.1 Å². The first-order valence-electron chi connectivity index (χ1n) is 9.81. The lowest BCUT2D eigenvalue weighted by Crippen LogP contribution is -2.60. The predicted octanol–water partition coefficient (Wildman–Crippen LogP) is -0.337. The van der Waals surface area contributed by atoms with Gasteiger partial charge in [-0.15, -0.1) is 0 Å². The highest BCUT2D eigenvalue weighted by Crippen LogP contribution is 2.44. The van der Waals surface area contributed by atoms with Crippen LogP contribution in [0.25, 0.3) is 0 Å². The maximum Gasteiger partial charge on any atom is 0.229 e. The molecule has 1 aliphatic heterocycles.